The maximum Gasteiger partial charge on any atom is 0.119 e. The van der Waals surface area contributed by atoms with Crippen molar-refractivity contribution in [1.82, 2.24) is 0 Å². The Morgan fingerprint density at radius 2 is 1.85 bits per heavy atom. The fraction of sp³-hybridized carbons (Fsp3) is 0.250. The summed E-state index contributed by atoms with van der Waals surface area (Å²) in [5.41, 5.74) is 8.09. The summed E-state index contributed by atoms with van der Waals surface area (Å²) in [4.78, 5) is 0. The number of hydrogen-bond donors (Lipinski definition) is 3. The Balaban J connectivity index is 1.91. The van der Waals surface area contributed by atoms with Gasteiger partial charge in [0.1, 0.15) is 18.5 Å². The van der Waals surface area contributed by atoms with Crippen LogP contribution in [0.25, 0.3) is 0 Å². The Labute approximate surface area is 118 Å². The molecule has 2 rings (SSSR count). The maximum absolute atomic E-state index is 10.0. The number of hydrogen-bond acceptors (Lipinski definition) is 4. The lowest BCUT2D eigenvalue weighted by atomic mass is 10.1. The minimum absolute atomic E-state index is 0.133. The summed E-state index contributed by atoms with van der Waals surface area (Å²) in [6, 6.07) is 14.6. The van der Waals surface area contributed by atoms with Crippen molar-refractivity contribution in [2.24, 2.45) is 0 Å². The van der Waals surface area contributed by atoms with Crippen molar-refractivity contribution >= 4 is 5.69 Å². The average Bonchev–Trinajstić information content (AvgIpc) is 2.46. The summed E-state index contributed by atoms with van der Waals surface area (Å²) >= 11 is 0. The van der Waals surface area contributed by atoms with Crippen LogP contribution in [0.2, 0.25) is 0 Å². The van der Waals surface area contributed by atoms with E-state index in [1.165, 1.54) is 0 Å². The minimum Gasteiger partial charge on any atom is -0.491 e. The van der Waals surface area contributed by atoms with E-state index in [2.05, 4.69) is 0 Å². The summed E-state index contributed by atoms with van der Waals surface area (Å²) < 4.78 is 5.54. The highest BCUT2D eigenvalue weighted by Gasteiger charge is 2.08. The van der Waals surface area contributed by atoms with Crippen molar-refractivity contribution in [3.05, 3.63) is 59.7 Å². The molecule has 0 aliphatic heterocycles. The van der Waals surface area contributed by atoms with E-state index in [1.54, 1.807) is 18.2 Å². The summed E-state index contributed by atoms with van der Waals surface area (Å²) in [6.45, 7) is 0.303. The molecule has 1 unspecified atom stereocenters. The second kappa shape index (κ2) is 6.93. The molecule has 20 heavy (non-hydrogen) atoms. The first-order chi connectivity index (χ1) is 9.69. The van der Waals surface area contributed by atoms with Crippen molar-refractivity contribution in [3.63, 3.8) is 0 Å². The van der Waals surface area contributed by atoms with Gasteiger partial charge in [-0.1, -0.05) is 24.3 Å². The minimum atomic E-state index is -0.712. The third-order valence-corrected chi connectivity index (χ3v) is 3.03. The van der Waals surface area contributed by atoms with E-state index >= 15 is 0 Å². The van der Waals surface area contributed by atoms with Gasteiger partial charge in [-0.3, -0.25) is 0 Å². The summed E-state index contributed by atoms with van der Waals surface area (Å²) in [5, 5.41) is 18.9. The zero-order chi connectivity index (χ0) is 14.4. The van der Waals surface area contributed by atoms with Gasteiger partial charge >= 0.3 is 0 Å². The van der Waals surface area contributed by atoms with E-state index in [9.17, 15) is 5.11 Å². The van der Waals surface area contributed by atoms with Crippen LogP contribution in [0.4, 0.5) is 5.69 Å². The lowest BCUT2D eigenvalue weighted by molar-refractivity contribution is 0.108. The second-order valence-corrected chi connectivity index (χ2v) is 4.61. The van der Waals surface area contributed by atoms with E-state index in [0.29, 0.717) is 17.9 Å². The molecule has 0 aromatic heterocycles. The van der Waals surface area contributed by atoms with Gasteiger partial charge in [-0.25, -0.2) is 0 Å². The van der Waals surface area contributed by atoms with Gasteiger partial charge < -0.3 is 20.7 Å². The molecule has 1 atom stereocenters. The van der Waals surface area contributed by atoms with Crippen LogP contribution < -0.4 is 10.5 Å². The van der Waals surface area contributed by atoms with Crippen LogP contribution in [0, 0.1) is 0 Å². The number of aliphatic hydroxyl groups is 2. The number of aliphatic hydroxyl groups excluding tert-OH is 2. The van der Waals surface area contributed by atoms with Crippen LogP contribution in [0.5, 0.6) is 5.75 Å². The highest BCUT2D eigenvalue weighted by Crippen LogP contribution is 2.18. The Hall–Kier alpha value is -2.04. The molecule has 0 saturated carbocycles. The molecule has 0 saturated heterocycles. The first-order valence-electron chi connectivity index (χ1n) is 6.55. The van der Waals surface area contributed by atoms with Crippen molar-refractivity contribution in [2.45, 2.75) is 12.5 Å². The molecule has 0 aliphatic rings. The van der Waals surface area contributed by atoms with Crippen LogP contribution in [0.15, 0.2) is 48.5 Å². The van der Waals surface area contributed by atoms with E-state index in [-0.39, 0.29) is 13.2 Å². The predicted molar refractivity (Wildman–Crippen MR) is 78.5 cm³/mol. The molecule has 0 bridgehead atoms. The smallest absolute Gasteiger partial charge is 0.119 e. The monoisotopic (exact) mass is 273 g/mol. The van der Waals surface area contributed by atoms with E-state index in [4.69, 9.17) is 15.6 Å². The quantitative estimate of drug-likeness (QED) is 0.703. The van der Waals surface area contributed by atoms with Gasteiger partial charge in [-0.15, -0.1) is 0 Å². The molecule has 0 fully saturated rings. The number of anilines is 1. The van der Waals surface area contributed by atoms with Gasteiger partial charge in [0.05, 0.1) is 0 Å². The van der Waals surface area contributed by atoms with Crippen LogP contribution >= 0.6 is 0 Å². The first-order valence-corrected chi connectivity index (χ1v) is 6.55. The van der Waals surface area contributed by atoms with Gasteiger partial charge in [0.2, 0.25) is 0 Å². The average molecular weight is 273 g/mol. The van der Waals surface area contributed by atoms with E-state index in [1.807, 2.05) is 30.3 Å². The molecule has 0 radical (unpaired) electrons. The van der Waals surface area contributed by atoms with Gasteiger partial charge in [0.15, 0.2) is 0 Å². The van der Waals surface area contributed by atoms with Crippen LogP contribution in [0.1, 0.15) is 17.2 Å². The molecular weight excluding hydrogens is 254 g/mol. The largest absolute Gasteiger partial charge is 0.491 e. The van der Waals surface area contributed by atoms with Gasteiger partial charge in [0.25, 0.3) is 0 Å². The van der Waals surface area contributed by atoms with Gasteiger partial charge in [0, 0.05) is 12.3 Å². The van der Waals surface area contributed by atoms with Gasteiger partial charge in [-0.05, 0) is 41.8 Å². The maximum atomic E-state index is 10.0. The lowest BCUT2D eigenvalue weighted by Gasteiger charge is -2.13. The molecule has 0 heterocycles. The fourth-order valence-corrected chi connectivity index (χ4v) is 1.92. The van der Waals surface area contributed by atoms with Gasteiger partial charge in [-0.2, -0.15) is 0 Å². The van der Waals surface area contributed by atoms with Crippen molar-refractivity contribution in [2.75, 3.05) is 18.9 Å². The highest BCUT2D eigenvalue weighted by atomic mass is 16.5. The van der Waals surface area contributed by atoms with Crippen LogP contribution in [-0.2, 0) is 6.42 Å². The Morgan fingerprint density at radius 1 is 1.10 bits per heavy atom. The third kappa shape index (κ3) is 3.98. The zero-order valence-corrected chi connectivity index (χ0v) is 11.2. The molecule has 0 aliphatic carbocycles. The van der Waals surface area contributed by atoms with Crippen molar-refractivity contribution in [3.8, 4) is 5.75 Å². The summed E-state index contributed by atoms with van der Waals surface area (Å²) in [5.74, 6) is 0.689. The number of benzene rings is 2. The summed E-state index contributed by atoms with van der Waals surface area (Å²) in [7, 11) is 0. The molecule has 106 valence electrons. The standard InChI is InChI=1S/C16H19NO3/c17-14-3-1-2-13(10-14)16(19)11-20-15-6-4-12(5-7-15)8-9-18/h1-7,10,16,18-19H,8-9,11,17H2. The predicted octanol–water partition coefficient (Wildman–Crippen LogP) is 1.92. The zero-order valence-electron chi connectivity index (χ0n) is 11.2. The number of ether oxygens (including phenoxy) is 1. The normalized spacial score (nSPS) is 12.1. The third-order valence-electron chi connectivity index (χ3n) is 3.03. The number of rotatable bonds is 6. The van der Waals surface area contributed by atoms with Crippen molar-refractivity contribution in [1.29, 1.82) is 0 Å². The van der Waals surface area contributed by atoms with Crippen molar-refractivity contribution < 1.29 is 14.9 Å². The molecule has 4 N–H and O–H groups in total. The number of nitrogen functional groups attached to an aromatic ring is 1. The van der Waals surface area contributed by atoms with Crippen LogP contribution in [0.3, 0.4) is 0 Å². The summed E-state index contributed by atoms with van der Waals surface area (Å²) in [6.07, 6.45) is -0.0812. The molecule has 4 nitrogen and oxygen atoms in total. The molecule has 2 aromatic rings. The fourth-order valence-electron chi connectivity index (χ4n) is 1.92. The van der Waals surface area contributed by atoms with E-state index < -0.39 is 6.10 Å². The molecule has 4 heteroatoms. The Kier molecular flexibility index (Phi) is 4.98. The molecule has 0 amide bonds. The SMILES string of the molecule is Nc1cccc(C(O)COc2ccc(CCO)cc2)c1. The molecule has 0 spiro atoms. The van der Waals surface area contributed by atoms with Crippen LogP contribution in [-0.4, -0.2) is 23.4 Å². The number of nitrogens with two attached hydrogens (primary N) is 1. The topological polar surface area (TPSA) is 75.7 Å². The Morgan fingerprint density at radius 3 is 2.50 bits per heavy atom. The van der Waals surface area contributed by atoms with E-state index in [0.717, 1.165) is 11.1 Å². The Bertz CT molecular complexity index is 540. The first kappa shape index (κ1) is 14.4. The second-order valence-electron chi connectivity index (χ2n) is 4.61. The highest BCUT2D eigenvalue weighted by molar-refractivity contribution is 5.41. The molecule has 2 aromatic carbocycles. The molecular formula is C16H19NO3. The lowest BCUT2D eigenvalue weighted by Crippen LogP contribution is -2.10.